The number of likely N-dealkylation sites (tertiary alicyclic amines) is 1. The Morgan fingerprint density at radius 1 is 0.966 bits per heavy atom. The molecule has 1 saturated carbocycles. The quantitative estimate of drug-likeness (QED) is 0.713. The molecule has 0 unspecified atom stereocenters. The van der Waals surface area contributed by atoms with E-state index >= 15 is 0 Å². The Labute approximate surface area is 177 Å². The molecule has 1 aliphatic carbocycles. The molecule has 0 bridgehead atoms. The molecule has 0 aromatic carbocycles. The Balaban J connectivity index is 1.21. The van der Waals surface area contributed by atoms with Crippen LogP contribution in [0.15, 0.2) is 6.33 Å². The summed E-state index contributed by atoms with van der Waals surface area (Å²) in [5, 5.41) is 2.57. The fourth-order valence-corrected chi connectivity index (χ4v) is 5.44. The lowest BCUT2D eigenvalue weighted by Crippen LogP contribution is -2.39. The average molecular weight is 418 g/mol. The van der Waals surface area contributed by atoms with Crippen LogP contribution in [0.1, 0.15) is 63.8 Å². The van der Waals surface area contributed by atoms with E-state index in [1.54, 1.807) is 0 Å². The second-order valence-corrected chi connectivity index (χ2v) is 9.32. The molecule has 4 heterocycles. The van der Waals surface area contributed by atoms with Crippen LogP contribution in [0.25, 0.3) is 11.2 Å². The SMILES string of the molecule is Clc1nc(NN2CCC(CCN3CCCC3)CC2)c2ncn(C3CCCC3)c2n1. The van der Waals surface area contributed by atoms with Gasteiger partial charge in [-0.15, -0.1) is 0 Å². The summed E-state index contributed by atoms with van der Waals surface area (Å²) in [5.74, 6) is 1.58. The maximum absolute atomic E-state index is 6.28. The van der Waals surface area contributed by atoms with Gasteiger partial charge in [0.2, 0.25) is 5.28 Å². The summed E-state index contributed by atoms with van der Waals surface area (Å²) in [6, 6.07) is 0.491. The van der Waals surface area contributed by atoms with Crippen molar-refractivity contribution in [3.05, 3.63) is 11.6 Å². The molecule has 2 saturated heterocycles. The molecular weight excluding hydrogens is 386 g/mol. The van der Waals surface area contributed by atoms with Crippen LogP contribution < -0.4 is 5.43 Å². The van der Waals surface area contributed by atoms with Crippen LogP contribution in [0.5, 0.6) is 0 Å². The van der Waals surface area contributed by atoms with Crippen LogP contribution in [0.2, 0.25) is 5.28 Å². The Morgan fingerprint density at radius 2 is 1.72 bits per heavy atom. The maximum atomic E-state index is 6.28. The molecule has 1 N–H and O–H groups in total. The van der Waals surface area contributed by atoms with Crippen LogP contribution in [0.3, 0.4) is 0 Å². The van der Waals surface area contributed by atoms with Crippen molar-refractivity contribution in [1.29, 1.82) is 0 Å². The van der Waals surface area contributed by atoms with Gasteiger partial charge in [-0.1, -0.05) is 12.8 Å². The third-order valence-corrected chi connectivity index (χ3v) is 7.21. The molecule has 0 atom stereocenters. The lowest BCUT2D eigenvalue weighted by Gasteiger charge is -2.33. The van der Waals surface area contributed by atoms with Crippen LogP contribution >= 0.6 is 11.6 Å². The normalized spacial score (nSPS) is 22.8. The van der Waals surface area contributed by atoms with Gasteiger partial charge in [-0.05, 0) is 82.1 Å². The van der Waals surface area contributed by atoms with E-state index in [0.29, 0.717) is 11.3 Å². The first-order valence-corrected chi connectivity index (χ1v) is 11.8. The third-order valence-electron chi connectivity index (χ3n) is 7.04. The van der Waals surface area contributed by atoms with E-state index in [2.05, 4.69) is 34.9 Å². The summed E-state index contributed by atoms with van der Waals surface area (Å²) in [5.41, 5.74) is 5.19. The molecule has 0 spiro atoms. The second-order valence-electron chi connectivity index (χ2n) is 8.98. The highest BCUT2D eigenvalue weighted by atomic mass is 35.5. The van der Waals surface area contributed by atoms with Gasteiger partial charge in [0.15, 0.2) is 17.0 Å². The smallest absolute Gasteiger partial charge is 0.226 e. The molecular formula is C21H32ClN7. The molecule has 29 heavy (non-hydrogen) atoms. The topological polar surface area (TPSA) is 62.1 Å². The van der Waals surface area contributed by atoms with Crippen LogP contribution in [-0.2, 0) is 0 Å². The first-order chi connectivity index (χ1) is 14.3. The minimum absolute atomic E-state index is 0.292. The number of hydrazine groups is 1. The minimum Gasteiger partial charge on any atom is -0.312 e. The number of nitrogens with zero attached hydrogens (tertiary/aromatic N) is 6. The number of nitrogens with one attached hydrogen (secondary N) is 1. The molecule has 2 aliphatic heterocycles. The number of rotatable bonds is 6. The van der Waals surface area contributed by atoms with Gasteiger partial charge in [0, 0.05) is 19.1 Å². The minimum atomic E-state index is 0.292. The summed E-state index contributed by atoms with van der Waals surface area (Å²) in [6.45, 7) is 5.96. The Bertz CT molecular complexity index is 818. The second kappa shape index (κ2) is 8.74. The number of imidazole rings is 1. The van der Waals surface area contributed by atoms with Gasteiger partial charge in [-0.25, -0.2) is 9.99 Å². The zero-order valence-electron chi connectivity index (χ0n) is 17.2. The Hall–Kier alpha value is -1.44. The first-order valence-electron chi connectivity index (χ1n) is 11.4. The van der Waals surface area contributed by atoms with E-state index in [4.69, 9.17) is 11.6 Å². The number of piperidine rings is 1. The monoisotopic (exact) mass is 417 g/mol. The van der Waals surface area contributed by atoms with Crippen molar-refractivity contribution in [3.8, 4) is 0 Å². The number of hydrogen-bond donors (Lipinski definition) is 1. The summed E-state index contributed by atoms with van der Waals surface area (Å²) in [6.07, 6.45) is 13.4. The highest BCUT2D eigenvalue weighted by Crippen LogP contribution is 2.33. The number of fused-ring (bicyclic) bond motifs is 1. The van der Waals surface area contributed by atoms with Crippen molar-refractivity contribution >= 4 is 28.6 Å². The standard InChI is InChI=1S/C21H32ClN7/c22-21-24-19(18-20(25-21)29(15-23-18)17-5-1-2-6-17)26-28-13-8-16(9-14-28)7-12-27-10-3-4-11-27/h15-17H,1-14H2,(H,24,25,26). The van der Waals surface area contributed by atoms with Gasteiger partial charge in [0.05, 0.1) is 6.33 Å². The van der Waals surface area contributed by atoms with E-state index in [0.717, 1.165) is 36.0 Å². The van der Waals surface area contributed by atoms with E-state index in [1.165, 1.54) is 77.4 Å². The summed E-state index contributed by atoms with van der Waals surface area (Å²) >= 11 is 6.28. The zero-order valence-corrected chi connectivity index (χ0v) is 17.9. The van der Waals surface area contributed by atoms with Gasteiger partial charge in [-0.2, -0.15) is 9.97 Å². The highest BCUT2D eigenvalue weighted by molar-refractivity contribution is 6.28. The van der Waals surface area contributed by atoms with E-state index in [9.17, 15) is 0 Å². The Morgan fingerprint density at radius 3 is 2.48 bits per heavy atom. The van der Waals surface area contributed by atoms with Crippen LogP contribution in [0, 0.1) is 5.92 Å². The summed E-state index contributed by atoms with van der Waals surface area (Å²) < 4.78 is 2.20. The van der Waals surface area contributed by atoms with Crippen molar-refractivity contribution in [2.24, 2.45) is 5.92 Å². The first kappa shape index (κ1) is 19.5. The van der Waals surface area contributed by atoms with E-state index in [1.807, 2.05) is 6.33 Å². The number of halogens is 1. The number of aromatic nitrogens is 4. The van der Waals surface area contributed by atoms with Crippen molar-refractivity contribution in [1.82, 2.24) is 29.4 Å². The van der Waals surface area contributed by atoms with Gasteiger partial charge in [0.1, 0.15) is 0 Å². The van der Waals surface area contributed by atoms with E-state index < -0.39 is 0 Å². The molecule has 158 valence electrons. The maximum Gasteiger partial charge on any atom is 0.226 e. The molecule has 7 nitrogen and oxygen atoms in total. The molecule has 8 heteroatoms. The molecule has 2 aromatic heterocycles. The molecule has 2 aromatic rings. The van der Waals surface area contributed by atoms with E-state index in [-0.39, 0.29) is 0 Å². The number of anilines is 1. The molecule has 0 radical (unpaired) electrons. The van der Waals surface area contributed by atoms with Crippen molar-refractivity contribution in [2.75, 3.05) is 38.1 Å². The van der Waals surface area contributed by atoms with Gasteiger partial charge < -0.3 is 14.9 Å². The molecule has 5 rings (SSSR count). The third kappa shape index (κ3) is 4.37. The van der Waals surface area contributed by atoms with Crippen LogP contribution in [-0.4, -0.2) is 62.2 Å². The van der Waals surface area contributed by atoms with Crippen LogP contribution in [0.4, 0.5) is 5.82 Å². The fourth-order valence-electron chi connectivity index (χ4n) is 5.27. The highest BCUT2D eigenvalue weighted by Gasteiger charge is 2.24. The molecule has 3 aliphatic rings. The molecule has 0 amide bonds. The lowest BCUT2D eigenvalue weighted by atomic mass is 9.94. The van der Waals surface area contributed by atoms with Gasteiger partial charge in [-0.3, -0.25) is 0 Å². The summed E-state index contributed by atoms with van der Waals surface area (Å²) in [4.78, 5) is 16.2. The predicted octanol–water partition coefficient (Wildman–Crippen LogP) is 4.12. The van der Waals surface area contributed by atoms with Crippen molar-refractivity contribution < 1.29 is 0 Å². The van der Waals surface area contributed by atoms with Gasteiger partial charge in [0.25, 0.3) is 0 Å². The fraction of sp³-hybridized carbons (Fsp3) is 0.762. The Kier molecular flexibility index (Phi) is 5.88. The number of hydrogen-bond acceptors (Lipinski definition) is 6. The van der Waals surface area contributed by atoms with Gasteiger partial charge >= 0.3 is 0 Å². The zero-order chi connectivity index (χ0) is 19.6. The predicted molar refractivity (Wildman–Crippen MR) is 116 cm³/mol. The summed E-state index contributed by atoms with van der Waals surface area (Å²) in [7, 11) is 0. The largest absolute Gasteiger partial charge is 0.312 e. The average Bonchev–Trinajstić information content (AvgIpc) is 3.48. The molecule has 3 fully saturated rings. The lowest BCUT2D eigenvalue weighted by molar-refractivity contribution is 0.193. The van der Waals surface area contributed by atoms with Crippen molar-refractivity contribution in [2.45, 2.75) is 63.8 Å². The van der Waals surface area contributed by atoms with Crippen molar-refractivity contribution in [3.63, 3.8) is 0 Å².